The molecule has 2 saturated heterocycles. The van der Waals surface area contributed by atoms with Crippen LogP contribution in [-0.2, 0) is 50.1 Å². The number of hydrogen-bond acceptors (Lipinski definition) is 8. The molecule has 2 aliphatic rings. The van der Waals surface area contributed by atoms with Gasteiger partial charge in [0.25, 0.3) is 5.91 Å². The van der Waals surface area contributed by atoms with Crippen molar-refractivity contribution in [2.45, 2.75) is 64.2 Å². The first-order chi connectivity index (χ1) is 26.2. The van der Waals surface area contributed by atoms with Crippen molar-refractivity contribution in [3.05, 3.63) is 148 Å². The summed E-state index contributed by atoms with van der Waals surface area (Å²) in [6, 6.07) is 31.3. The SMILES string of the molecule is CC1C(Cn2cnc(Cl)c2Cl)OC(c2cccc(-c3cccc(CN4C(=O)CC(NC(=O)OCc5ccccc5)C4=O)c3)c2)OC1c1ccc(CO)cc1. The van der Waals surface area contributed by atoms with Gasteiger partial charge in [-0.05, 0) is 45.5 Å². The van der Waals surface area contributed by atoms with Gasteiger partial charge >= 0.3 is 6.09 Å². The molecule has 0 saturated carbocycles. The maximum Gasteiger partial charge on any atom is 0.408 e. The Labute approximate surface area is 322 Å². The average molecular weight is 770 g/mol. The van der Waals surface area contributed by atoms with Crippen molar-refractivity contribution in [3.8, 4) is 11.1 Å². The molecule has 2 fully saturated rings. The Morgan fingerprint density at radius 3 is 2.33 bits per heavy atom. The zero-order valence-corrected chi connectivity index (χ0v) is 30.8. The van der Waals surface area contributed by atoms with E-state index in [9.17, 15) is 19.5 Å². The van der Waals surface area contributed by atoms with Crippen LogP contribution in [0.3, 0.4) is 0 Å². The third-order valence-electron chi connectivity index (χ3n) is 9.74. The number of amides is 3. The second-order valence-electron chi connectivity index (χ2n) is 13.4. The number of nitrogens with one attached hydrogen (secondary N) is 1. The molecule has 5 unspecified atom stereocenters. The van der Waals surface area contributed by atoms with Crippen molar-refractivity contribution in [1.29, 1.82) is 0 Å². The summed E-state index contributed by atoms with van der Waals surface area (Å²) in [5.41, 5.74) is 5.84. The predicted molar refractivity (Wildman–Crippen MR) is 201 cm³/mol. The smallest absolute Gasteiger partial charge is 0.408 e. The van der Waals surface area contributed by atoms with Crippen molar-refractivity contribution in [3.63, 3.8) is 0 Å². The molecule has 0 bridgehead atoms. The molecule has 54 heavy (non-hydrogen) atoms. The molecule has 5 atom stereocenters. The Morgan fingerprint density at radius 2 is 1.61 bits per heavy atom. The van der Waals surface area contributed by atoms with Gasteiger partial charge in [-0.1, -0.05) is 121 Å². The van der Waals surface area contributed by atoms with Gasteiger partial charge in [0.15, 0.2) is 11.4 Å². The van der Waals surface area contributed by atoms with E-state index in [4.69, 9.17) is 37.4 Å². The zero-order valence-electron chi connectivity index (χ0n) is 29.3. The van der Waals surface area contributed by atoms with E-state index in [1.165, 1.54) is 0 Å². The summed E-state index contributed by atoms with van der Waals surface area (Å²) in [5.74, 6) is -0.959. The number of halogens is 2. The Balaban J connectivity index is 1.06. The van der Waals surface area contributed by atoms with Crippen LogP contribution in [0.4, 0.5) is 4.79 Å². The molecule has 2 N–H and O–H groups in total. The van der Waals surface area contributed by atoms with Gasteiger partial charge in [0, 0.05) is 11.5 Å². The number of carbonyl (C=O) groups excluding carboxylic acids is 3. The monoisotopic (exact) mass is 768 g/mol. The van der Waals surface area contributed by atoms with E-state index in [2.05, 4.69) is 17.2 Å². The van der Waals surface area contributed by atoms with E-state index >= 15 is 0 Å². The normalized spacial score (nSPS) is 21.3. The molecule has 11 nitrogen and oxygen atoms in total. The number of benzene rings is 4. The molecular weight excluding hydrogens is 731 g/mol. The molecule has 2 aliphatic heterocycles. The van der Waals surface area contributed by atoms with Crippen LogP contribution in [0.2, 0.25) is 10.3 Å². The summed E-state index contributed by atoms with van der Waals surface area (Å²) in [5, 5.41) is 12.7. The standard InChI is InChI=1S/C41H38Cl2N4O7/c1-25-34(21-46-24-44-37(42)38(46)43)53-40(54-36(25)29-15-13-26(22-48)14-16-29)32-12-6-11-31(18-32)30-10-5-9-28(17-30)20-47-35(49)19-33(39(47)50)45-41(51)52-23-27-7-3-2-4-8-27/h2-18,24-25,33-34,36,40,48H,19-23H2,1H3,(H,45,51). The number of aromatic nitrogens is 2. The number of alkyl carbamates (subject to hydrolysis) is 1. The molecule has 4 aromatic carbocycles. The Morgan fingerprint density at radius 1 is 0.889 bits per heavy atom. The molecule has 13 heteroatoms. The summed E-state index contributed by atoms with van der Waals surface area (Å²) in [4.78, 5) is 43.9. The van der Waals surface area contributed by atoms with Crippen molar-refractivity contribution >= 4 is 41.1 Å². The van der Waals surface area contributed by atoms with Crippen LogP contribution < -0.4 is 5.32 Å². The van der Waals surface area contributed by atoms with E-state index in [-0.39, 0.29) is 55.4 Å². The van der Waals surface area contributed by atoms with Crippen molar-refractivity contribution in [1.82, 2.24) is 19.8 Å². The van der Waals surface area contributed by atoms with Gasteiger partial charge < -0.3 is 29.2 Å². The molecule has 1 aromatic heterocycles. The number of ether oxygens (including phenoxy) is 3. The number of imidazole rings is 1. The molecule has 5 aromatic rings. The topological polar surface area (TPSA) is 132 Å². The van der Waals surface area contributed by atoms with Crippen LogP contribution in [0.1, 0.15) is 53.6 Å². The van der Waals surface area contributed by atoms with E-state index in [0.717, 1.165) is 43.8 Å². The fraction of sp³-hybridized carbons (Fsp3) is 0.268. The highest BCUT2D eigenvalue weighted by molar-refractivity contribution is 6.40. The number of likely N-dealkylation sites (tertiary alicyclic amines) is 1. The second kappa shape index (κ2) is 16.5. The van der Waals surface area contributed by atoms with E-state index in [0.29, 0.717) is 11.7 Å². The summed E-state index contributed by atoms with van der Waals surface area (Å²) in [7, 11) is 0. The Kier molecular flexibility index (Phi) is 11.4. The number of hydrogen-bond donors (Lipinski definition) is 2. The highest BCUT2D eigenvalue weighted by Gasteiger charge is 2.40. The van der Waals surface area contributed by atoms with Crippen LogP contribution in [0.15, 0.2) is 109 Å². The molecule has 3 amide bonds. The third-order valence-corrected chi connectivity index (χ3v) is 10.5. The lowest BCUT2D eigenvalue weighted by Gasteiger charge is -2.41. The quantitative estimate of drug-likeness (QED) is 0.133. The van der Waals surface area contributed by atoms with Crippen LogP contribution in [0.25, 0.3) is 11.1 Å². The van der Waals surface area contributed by atoms with Crippen LogP contribution in [0.5, 0.6) is 0 Å². The minimum absolute atomic E-state index is 0.0490. The minimum atomic E-state index is -0.999. The van der Waals surface area contributed by atoms with Crippen molar-refractivity contribution in [2.75, 3.05) is 0 Å². The highest BCUT2D eigenvalue weighted by Crippen LogP contribution is 2.43. The first-order valence-electron chi connectivity index (χ1n) is 17.5. The van der Waals surface area contributed by atoms with Crippen molar-refractivity contribution < 1.29 is 33.7 Å². The summed E-state index contributed by atoms with van der Waals surface area (Å²) < 4.78 is 20.3. The van der Waals surface area contributed by atoms with Gasteiger partial charge in [0.05, 0.1) is 44.7 Å². The Bertz CT molecular complexity index is 2130. The first-order valence-corrected chi connectivity index (χ1v) is 18.3. The highest BCUT2D eigenvalue weighted by atomic mass is 35.5. The van der Waals surface area contributed by atoms with Crippen LogP contribution in [0, 0.1) is 5.92 Å². The Hall–Kier alpha value is -5.04. The summed E-state index contributed by atoms with van der Waals surface area (Å²) in [6.07, 6.45) is -0.731. The van der Waals surface area contributed by atoms with Gasteiger partial charge in [0.2, 0.25) is 5.91 Å². The van der Waals surface area contributed by atoms with Crippen molar-refractivity contribution in [2.24, 2.45) is 5.92 Å². The molecule has 7 rings (SSSR count). The van der Waals surface area contributed by atoms with Gasteiger partial charge in [-0.15, -0.1) is 0 Å². The third kappa shape index (κ3) is 8.36. The number of aliphatic hydroxyl groups excluding tert-OH is 1. The fourth-order valence-corrected chi connectivity index (χ4v) is 7.07. The van der Waals surface area contributed by atoms with Gasteiger partial charge in [-0.2, -0.15) is 0 Å². The number of aliphatic hydroxyl groups is 1. The number of nitrogens with zero attached hydrogens (tertiary/aromatic N) is 3. The van der Waals surface area contributed by atoms with E-state index < -0.39 is 24.3 Å². The van der Waals surface area contributed by atoms with Gasteiger partial charge in [-0.25, -0.2) is 9.78 Å². The molecule has 3 heterocycles. The molecule has 0 radical (unpaired) electrons. The second-order valence-corrected chi connectivity index (χ2v) is 14.1. The lowest BCUT2D eigenvalue weighted by molar-refractivity contribution is -0.276. The van der Waals surface area contributed by atoms with Gasteiger partial charge in [0.1, 0.15) is 17.8 Å². The molecule has 278 valence electrons. The lowest BCUT2D eigenvalue weighted by atomic mass is 9.90. The largest absolute Gasteiger partial charge is 0.445 e. The first kappa shape index (κ1) is 37.3. The molecular formula is C41H38Cl2N4O7. The lowest BCUT2D eigenvalue weighted by Crippen LogP contribution is -2.41. The predicted octanol–water partition coefficient (Wildman–Crippen LogP) is 7.39. The van der Waals surface area contributed by atoms with E-state index in [1.54, 1.807) is 10.9 Å². The summed E-state index contributed by atoms with van der Waals surface area (Å²) >= 11 is 12.6. The summed E-state index contributed by atoms with van der Waals surface area (Å²) in [6.45, 7) is 2.50. The molecule has 0 spiro atoms. The minimum Gasteiger partial charge on any atom is -0.445 e. The van der Waals surface area contributed by atoms with Crippen LogP contribution in [-0.4, -0.2) is 49.6 Å². The number of carbonyl (C=O) groups is 3. The van der Waals surface area contributed by atoms with Gasteiger partial charge in [-0.3, -0.25) is 14.5 Å². The van der Waals surface area contributed by atoms with E-state index in [1.807, 2.05) is 103 Å². The maximum atomic E-state index is 13.2. The van der Waals surface area contributed by atoms with Crippen LogP contribution >= 0.6 is 23.2 Å². The zero-order chi connectivity index (χ0) is 37.8. The fourth-order valence-electron chi connectivity index (χ4n) is 6.76. The number of rotatable bonds is 11. The number of imide groups is 1. The average Bonchev–Trinajstić information content (AvgIpc) is 3.65. The molecule has 0 aliphatic carbocycles. The maximum absolute atomic E-state index is 13.2.